The first-order valence-corrected chi connectivity index (χ1v) is 4.03. The van der Waals surface area contributed by atoms with E-state index < -0.39 is 5.92 Å². The van der Waals surface area contributed by atoms with Gasteiger partial charge in [-0.25, -0.2) is 8.78 Å². The predicted octanol–water partition coefficient (Wildman–Crippen LogP) is 2.48. The Balaban J connectivity index is 2.37. The third kappa shape index (κ3) is 0.850. The van der Waals surface area contributed by atoms with E-state index in [-0.39, 0.29) is 12.8 Å². The molecule has 1 aliphatic rings. The van der Waals surface area contributed by atoms with E-state index >= 15 is 0 Å². The summed E-state index contributed by atoms with van der Waals surface area (Å²) in [7, 11) is 0. The van der Waals surface area contributed by atoms with Crippen LogP contribution in [0.2, 0.25) is 0 Å². The summed E-state index contributed by atoms with van der Waals surface area (Å²) in [5, 5.41) is 3.63. The van der Waals surface area contributed by atoms with Crippen LogP contribution < -0.4 is 0 Å². The highest BCUT2D eigenvalue weighted by molar-refractivity contribution is 7.08. The Kier molecular flexibility index (Phi) is 1.12. The number of halogens is 2. The topological polar surface area (TPSA) is 0 Å². The summed E-state index contributed by atoms with van der Waals surface area (Å²) in [5.74, 6) is -2.46. The Labute approximate surface area is 61.5 Å². The number of hydrogen-bond acceptors (Lipinski definition) is 1. The van der Waals surface area contributed by atoms with Crippen LogP contribution in [-0.4, -0.2) is 5.92 Å². The summed E-state index contributed by atoms with van der Waals surface area (Å²) in [6.07, 6.45) is -0.0995. The van der Waals surface area contributed by atoms with Gasteiger partial charge >= 0.3 is 0 Å². The van der Waals surface area contributed by atoms with E-state index in [2.05, 4.69) is 0 Å². The lowest BCUT2D eigenvalue weighted by molar-refractivity contribution is 0.0130. The fraction of sp³-hybridized carbons (Fsp3) is 0.429. The van der Waals surface area contributed by atoms with Gasteiger partial charge in [-0.15, -0.1) is 0 Å². The molecule has 0 atom stereocenters. The number of thiophene rings is 1. The van der Waals surface area contributed by atoms with Crippen LogP contribution in [0, 0.1) is 0 Å². The fourth-order valence-corrected chi connectivity index (χ4v) is 2.15. The third-order valence-electron chi connectivity index (χ3n) is 1.73. The lowest BCUT2D eigenvalue weighted by Crippen LogP contribution is -2.14. The molecular formula is C7H6F2S. The Bertz CT molecular complexity index is 229. The van der Waals surface area contributed by atoms with Gasteiger partial charge in [0.1, 0.15) is 0 Å². The van der Waals surface area contributed by atoms with E-state index in [1.165, 1.54) is 11.3 Å². The van der Waals surface area contributed by atoms with E-state index in [0.717, 1.165) is 11.1 Å². The van der Waals surface area contributed by atoms with Crippen LogP contribution in [0.3, 0.4) is 0 Å². The smallest absolute Gasteiger partial charge is 0.206 e. The zero-order valence-electron chi connectivity index (χ0n) is 5.23. The lowest BCUT2D eigenvalue weighted by atomic mass is 10.2. The number of hydrogen-bond donors (Lipinski definition) is 0. The Morgan fingerprint density at radius 2 is 1.70 bits per heavy atom. The van der Waals surface area contributed by atoms with Crippen LogP contribution in [0.1, 0.15) is 11.1 Å². The third-order valence-corrected chi connectivity index (χ3v) is 2.57. The van der Waals surface area contributed by atoms with Gasteiger partial charge in [0.15, 0.2) is 0 Å². The zero-order valence-corrected chi connectivity index (χ0v) is 6.05. The first-order chi connectivity index (χ1) is 4.67. The van der Waals surface area contributed by atoms with Crippen LogP contribution >= 0.6 is 11.3 Å². The highest BCUT2D eigenvalue weighted by Gasteiger charge is 2.37. The van der Waals surface area contributed by atoms with Crippen LogP contribution in [0.25, 0.3) is 0 Å². The maximum absolute atomic E-state index is 12.6. The molecule has 1 aromatic rings. The molecule has 0 unspecified atom stereocenters. The van der Waals surface area contributed by atoms with E-state index in [1.807, 2.05) is 10.8 Å². The van der Waals surface area contributed by atoms with Crippen molar-refractivity contribution in [2.24, 2.45) is 0 Å². The number of rotatable bonds is 0. The van der Waals surface area contributed by atoms with Gasteiger partial charge in [-0.1, -0.05) is 0 Å². The van der Waals surface area contributed by atoms with Gasteiger partial charge in [0.05, 0.1) is 0 Å². The summed E-state index contributed by atoms with van der Waals surface area (Å²) < 4.78 is 25.1. The summed E-state index contributed by atoms with van der Waals surface area (Å²) in [5.41, 5.74) is 1.69. The van der Waals surface area contributed by atoms with Crippen LogP contribution in [0.15, 0.2) is 10.8 Å². The van der Waals surface area contributed by atoms with Crippen LogP contribution in [0.5, 0.6) is 0 Å². The first-order valence-electron chi connectivity index (χ1n) is 3.09. The van der Waals surface area contributed by atoms with Gasteiger partial charge in [0, 0.05) is 12.8 Å². The largest absolute Gasteiger partial charge is 0.256 e. The first kappa shape index (κ1) is 6.28. The van der Waals surface area contributed by atoms with E-state index in [4.69, 9.17) is 0 Å². The quantitative estimate of drug-likeness (QED) is 0.547. The molecule has 0 saturated heterocycles. The molecule has 1 aliphatic carbocycles. The van der Waals surface area contributed by atoms with Gasteiger partial charge in [0.25, 0.3) is 5.92 Å². The molecule has 2 rings (SSSR count). The molecule has 1 heterocycles. The molecule has 0 nitrogen and oxygen atoms in total. The van der Waals surface area contributed by atoms with Crippen molar-refractivity contribution in [1.29, 1.82) is 0 Å². The van der Waals surface area contributed by atoms with Gasteiger partial charge in [-0.05, 0) is 21.9 Å². The molecule has 54 valence electrons. The number of alkyl halides is 2. The van der Waals surface area contributed by atoms with E-state index in [0.29, 0.717) is 0 Å². The molecule has 0 amide bonds. The molecule has 0 aliphatic heterocycles. The second-order valence-electron chi connectivity index (χ2n) is 2.63. The zero-order chi connectivity index (χ0) is 7.19. The van der Waals surface area contributed by atoms with Crippen molar-refractivity contribution in [3.05, 3.63) is 21.9 Å². The number of fused-ring (bicyclic) bond motifs is 1. The molecule has 0 radical (unpaired) electrons. The van der Waals surface area contributed by atoms with Gasteiger partial charge in [-0.2, -0.15) is 11.3 Å². The predicted molar refractivity (Wildman–Crippen MR) is 36.7 cm³/mol. The minimum atomic E-state index is -2.46. The average Bonchev–Trinajstić information content (AvgIpc) is 2.20. The maximum atomic E-state index is 12.6. The van der Waals surface area contributed by atoms with Gasteiger partial charge in [-0.3, -0.25) is 0 Å². The van der Waals surface area contributed by atoms with Crippen molar-refractivity contribution in [2.75, 3.05) is 0 Å². The van der Waals surface area contributed by atoms with Crippen molar-refractivity contribution in [2.45, 2.75) is 18.8 Å². The lowest BCUT2D eigenvalue weighted by Gasteiger charge is -2.04. The molecule has 0 aromatic carbocycles. The van der Waals surface area contributed by atoms with Crippen molar-refractivity contribution in [3.63, 3.8) is 0 Å². The summed E-state index contributed by atoms with van der Waals surface area (Å²) >= 11 is 1.51. The monoisotopic (exact) mass is 160 g/mol. The van der Waals surface area contributed by atoms with E-state index in [1.54, 1.807) is 0 Å². The van der Waals surface area contributed by atoms with Crippen molar-refractivity contribution >= 4 is 11.3 Å². The van der Waals surface area contributed by atoms with Crippen molar-refractivity contribution < 1.29 is 8.78 Å². The molecule has 0 fully saturated rings. The fourth-order valence-electron chi connectivity index (χ4n) is 1.28. The molecule has 0 spiro atoms. The van der Waals surface area contributed by atoms with Gasteiger partial charge < -0.3 is 0 Å². The summed E-state index contributed by atoms with van der Waals surface area (Å²) in [6, 6.07) is 0. The highest BCUT2D eigenvalue weighted by Crippen LogP contribution is 2.35. The molecule has 10 heavy (non-hydrogen) atoms. The van der Waals surface area contributed by atoms with Crippen LogP contribution in [-0.2, 0) is 12.8 Å². The second kappa shape index (κ2) is 1.78. The minimum Gasteiger partial charge on any atom is -0.206 e. The molecule has 0 bridgehead atoms. The normalized spacial score (nSPS) is 21.0. The van der Waals surface area contributed by atoms with Crippen molar-refractivity contribution in [3.8, 4) is 0 Å². The summed E-state index contributed by atoms with van der Waals surface area (Å²) in [4.78, 5) is 0. The molecule has 3 heteroatoms. The Morgan fingerprint density at radius 1 is 1.20 bits per heavy atom. The standard InChI is InChI=1S/C7H6F2S/c8-7(9)1-5-3-10-4-6(5)2-7/h3-4H,1-2H2. The molecule has 1 aromatic heterocycles. The highest BCUT2D eigenvalue weighted by atomic mass is 32.1. The Morgan fingerprint density at radius 3 is 2.20 bits per heavy atom. The molecular weight excluding hydrogens is 154 g/mol. The van der Waals surface area contributed by atoms with E-state index in [9.17, 15) is 8.78 Å². The Hall–Kier alpha value is -0.440. The maximum Gasteiger partial charge on any atom is 0.256 e. The summed E-state index contributed by atoms with van der Waals surface area (Å²) in [6.45, 7) is 0. The van der Waals surface area contributed by atoms with Crippen molar-refractivity contribution in [1.82, 2.24) is 0 Å². The SMILES string of the molecule is FC1(F)Cc2cscc2C1. The molecule has 0 saturated carbocycles. The molecule has 0 N–H and O–H groups in total. The van der Waals surface area contributed by atoms with Gasteiger partial charge in [0.2, 0.25) is 0 Å². The van der Waals surface area contributed by atoms with Crippen LogP contribution in [0.4, 0.5) is 8.78 Å². The second-order valence-corrected chi connectivity index (χ2v) is 3.38. The minimum absolute atomic E-state index is 0.0498. The average molecular weight is 160 g/mol.